The van der Waals surface area contributed by atoms with Crippen LogP contribution in [0.15, 0.2) is 60.8 Å². The predicted octanol–water partition coefficient (Wildman–Crippen LogP) is 0.532. The van der Waals surface area contributed by atoms with Gasteiger partial charge in [-0.1, -0.05) is 29.8 Å². The zero-order valence-electron chi connectivity index (χ0n) is 13.8. The summed E-state index contributed by atoms with van der Waals surface area (Å²) < 4.78 is 32.3. The molecule has 0 spiro atoms. The van der Waals surface area contributed by atoms with Crippen LogP contribution in [0.2, 0.25) is 0 Å². The van der Waals surface area contributed by atoms with Crippen LogP contribution < -0.4 is 9.23 Å². The molecule has 0 aliphatic carbocycles. The Morgan fingerprint density at radius 2 is 1.65 bits per heavy atom. The van der Waals surface area contributed by atoms with Crippen LogP contribution in [0.3, 0.4) is 0 Å². The molecule has 26 heavy (non-hydrogen) atoms. The van der Waals surface area contributed by atoms with Crippen molar-refractivity contribution in [1.82, 2.24) is 0 Å². The Kier molecular flexibility index (Phi) is 6.19. The number of hydrogen-bond acceptors (Lipinski definition) is 6. The fourth-order valence-corrected chi connectivity index (χ4v) is 2.47. The quantitative estimate of drug-likeness (QED) is 0.344. The Morgan fingerprint density at radius 1 is 1.04 bits per heavy atom. The number of nitro groups is 1. The van der Waals surface area contributed by atoms with Gasteiger partial charge < -0.3 is 0 Å². The topological polar surface area (TPSA) is 131 Å². The van der Waals surface area contributed by atoms with E-state index in [1.165, 1.54) is 11.1 Å². The van der Waals surface area contributed by atoms with Crippen molar-refractivity contribution in [3.8, 4) is 0 Å². The van der Waals surface area contributed by atoms with Crippen LogP contribution in [0.5, 0.6) is 0 Å². The number of nitrogens with zero attached hydrogens (tertiary/aromatic N) is 2. The van der Waals surface area contributed by atoms with E-state index >= 15 is 0 Å². The predicted molar refractivity (Wildman–Crippen MR) is 87.7 cm³/mol. The van der Waals surface area contributed by atoms with Crippen LogP contribution in [0.1, 0.15) is 11.1 Å². The van der Waals surface area contributed by atoms with Crippen molar-refractivity contribution in [2.45, 2.75) is 13.5 Å². The van der Waals surface area contributed by atoms with Gasteiger partial charge in [-0.15, -0.1) is 0 Å². The first-order valence-electron chi connectivity index (χ1n) is 7.42. The number of fused-ring (bicyclic) bond motifs is 1. The van der Waals surface area contributed by atoms with Crippen LogP contribution >= 0.6 is 0 Å². The molecule has 0 saturated carbocycles. The maximum absolute atomic E-state index is 11.1. The third-order valence-corrected chi connectivity index (χ3v) is 3.57. The van der Waals surface area contributed by atoms with E-state index in [0.717, 1.165) is 5.52 Å². The summed E-state index contributed by atoms with van der Waals surface area (Å²) in [7, 11) is -4.19. The fraction of sp³-hybridized carbons (Fsp3) is 0.118. The number of nitro benzene ring substituents is 1. The van der Waals surface area contributed by atoms with Gasteiger partial charge in [0.05, 0.1) is 4.92 Å². The van der Waals surface area contributed by atoms with Gasteiger partial charge in [0, 0.05) is 23.8 Å². The molecule has 3 aromatic rings. The molecular formula is C17H18ClN2O6+. The second-order valence-electron chi connectivity index (χ2n) is 5.52. The molecule has 0 fully saturated rings. The molecule has 1 aromatic heterocycles. The van der Waals surface area contributed by atoms with Crippen molar-refractivity contribution in [2.24, 2.45) is 0 Å². The fourth-order valence-electron chi connectivity index (χ4n) is 2.47. The summed E-state index contributed by atoms with van der Waals surface area (Å²) in [5, 5.41) is 11.8. The van der Waals surface area contributed by atoms with Crippen LogP contribution in [0.4, 0.5) is 5.69 Å². The van der Waals surface area contributed by atoms with Crippen molar-refractivity contribution in [3.05, 3.63) is 82.0 Å². The molecule has 0 unspecified atom stereocenters. The molecule has 0 aliphatic heterocycles. The molecule has 0 bridgehead atoms. The standard InChI is InChI=1S/C17H15N2O2.ClH3O4/c1-13-7-9-14(10-8-13)12-18-11-3-4-15-16(18)5-2-6-17(15)19(20)21;2-1(3,4)5/h2-11H,12H2,1H3;2-4H/q+1;. The first-order chi connectivity index (χ1) is 12.1. The maximum atomic E-state index is 11.1. The molecule has 9 heteroatoms. The summed E-state index contributed by atoms with van der Waals surface area (Å²) in [6.45, 7) is 2.75. The summed E-state index contributed by atoms with van der Waals surface area (Å²) in [5.74, 6) is 0. The zero-order valence-corrected chi connectivity index (χ0v) is 14.6. The Labute approximate surface area is 151 Å². The Balaban J connectivity index is 0.000000431. The average Bonchev–Trinajstić information content (AvgIpc) is 2.55. The van der Waals surface area contributed by atoms with Crippen molar-refractivity contribution in [3.63, 3.8) is 0 Å². The van der Waals surface area contributed by atoms with Crippen molar-refractivity contribution < 1.29 is 38.4 Å². The van der Waals surface area contributed by atoms with E-state index in [1.807, 2.05) is 22.9 Å². The normalized spacial score (nSPS) is 11.6. The van der Waals surface area contributed by atoms with Gasteiger partial charge in [0.2, 0.25) is 5.52 Å². The third-order valence-electron chi connectivity index (χ3n) is 3.57. The molecule has 0 saturated heterocycles. The van der Waals surface area contributed by atoms with E-state index in [0.29, 0.717) is 11.9 Å². The summed E-state index contributed by atoms with van der Waals surface area (Å²) in [6.07, 6.45) is 1.95. The number of pyridine rings is 1. The van der Waals surface area contributed by atoms with E-state index < -0.39 is 10.2 Å². The van der Waals surface area contributed by atoms with Crippen LogP contribution in [0.25, 0.3) is 10.9 Å². The minimum atomic E-state index is -4.19. The van der Waals surface area contributed by atoms with Gasteiger partial charge in [0.25, 0.3) is 5.69 Å². The van der Waals surface area contributed by atoms with Gasteiger partial charge in [-0.25, -0.2) is 0 Å². The molecule has 0 radical (unpaired) electrons. The first-order valence-corrected chi connectivity index (χ1v) is 8.75. The molecule has 8 nitrogen and oxygen atoms in total. The average molecular weight is 382 g/mol. The number of aromatic nitrogens is 1. The van der Waals surface area contributed by atoms with Crippen molar-refractivity contribution in [1.29, 1.82) is 0 Å². The van der Waals surface area contributed by atoms with Gasteiger partial charge >= 0.3 is 28.9 Å². The van der Waals surface area contributed by atoms with E-state index in [1.54, 1.807) is 18.2 Å². The third kappa shape index (κ3) is 5.73. The Bertz CT molecular complexity index is 903. The van der Waals surface area contributed by atoms with Crippen LogP contribution in [-0.4, -0.2) is 18.9 Å². The molecule has 0 aliphatic rings. The number of benzene rings is 2. The molecule has 138 valence electrons. The summed E-state index contributed by atoms with van der Waals surface area (Å²) >= 11 is 0. The van der Waals surface area contributed by atoms with Gasteiger partial charge in [-0.2, -0.15) is 4.57 Å². The molecule has 2 aromatic carbocycles. The first kappa shape index (κ1) is 19.7. The van der Waals surface area contributed by atoms with Crippen molar-refractivity contribution in [2.75, 3.05) is 0 Å². The molecule has 3 rings (SSSR count). The second kappa shape index (κ2) is 8.17. The molecule has 0 amide bonds. The second-order valence-corrected chi connectivity index (χ2v) is 6.39. The Hall–Kier alpha value is -2.62. The van der Waals surface area contributed by atoms with E-state index in [2.05, 4.69) is 31.2 Å². The molecule has 3 N–H and O–H groups in total. The van der Waals surface area contributed by atoms with E-state index in [-0.39, 0.29) is 10.6 Å². The van der Waals surface area contributed by atoms with Crippen LogP contribution in [0, 0.1) is 27.3 Å². The summed E-state index contributed by atoms with van der Waals surface area (Å²) in [4.78, 5) is 10.8. The van der Waals surface area contributed by atoms with Gasteiger partial charge in [0.15, 0.2) is 12.7 Å². The Morgan fingerprint density at radius 3 is 2.23 bits per heavy atom. The summed E-state index contributed by atoms with van der Waals surface area (Å²) in [5.41, 5.74) is 3.40. The SMILES string of the molecule is Cc1ccc(C[n+]2cccc3c([N+](=O)[O-])cccc32)cc1.[O-][Cl+](O)(O)O. The van der Waals surface area contributed by atoms with E-state index in [9.17, 15) is 10.1 Å². The molecule has 0 atom stereocenters. The summed E-state index contributed by atoms with van der Waals surface area (Å²) in [6, 6.07) is 17.1. The number of halogens is 1. The number of rotatable bonds is 3. The van der Waals surface area contributed by atoms with Gasteiger partial charge in [-0.05, 0) is 19.1 Å². The van der Waals surface area contributed by atoms with Gasteiger partial charge in [0.1, 0.15) is 5.39 Å². The molecule has 1 heterocycles. The molecular weight excluding hydrogens is 364 g/mol. The minimum absolute atomic E-state index is 0.144. The number of aryl methyl sites for hydroxylation is 1. The van der Waals surface area contributed by atoms with E-state index in [4.69, 9.17) is 18.6 Å². The monoisotopic (exact) mass is 381 g/mol. The van der Waals surface area contributed by atoms with Crippen LogP contribution in [-0.2, 0) is 6.54 Å². The number of hydrogen-bond donors (Lipinski definition) is 3. The number of non-ortho nitro benzene ring substituents is 1. The van der Waals surface area contributed by atoms with Crippen molar-refractivity contribution >= 4 is 16.6 Å². The zero-order chi connectivity index (χ0) is 19.3. The van der Waals surface area contributed by atoms with Gasteiger partial charge in [-0.3, -0.25) is 10.1 Å².